The largest absolute Gasteiger partial charge is 0.368 e. The molecule has 2 heterocycles. The monoisotopic (exact) mass is 184 g/mol. The Kier molecular flexibility index (Phi) is 2.04. The maximum Gasteiger partial charge on any atom is 0.251 e. The van der Waals surface area contributed by atoms with Gasteiger partial charge in [-0.3, -0.25) is 4.79 Å². The van der Waals surface area contributed by atoms with E-state index in [2.05, 4.69) is 0 Å². The normalized spacial score (nSPS) is 31.5. The zero-order valence-corrected chi connectivity index (χ0v) is 7.95. The van der Waals surface area contributed by atoms with Gasteiger partial charge in [0.15, 0.2) is 0 Å². The van der Waals surface area contributed by atoms with Crippen LogP contribution in [0.1, 0.15) is 19.8 Å². The molecule has 0 spiro atoms. The van der Waals surface area contributed by atoms with Crippen LogP contribution < -0.4 is 5.73 Å². The van der Waals surface area contributed by atoms with Crippen LogP contribution in [0.5, 0.6) is 0 Å². The number of carbonyl (C=O) groups excluding carboxylic acids is 1. The Balaban J connectivity index is 1.85. The lowest BCUT2D eigenvalue weighted by Crippen LogP contribution is -2.68. The van der Waals surface area contributed by atoms with Crippen LogP contribution in [0.3, 0.4) is 0 Å². The summed E-state index contributed by atoms with van der Waals surface area (Å²) in [5.74, 6) is 0.125. The van der Waals surface area contributed by atoms with Crippen molar-refractivity contribution >= 4 is 5.91 Å². The highest BCUT2D eigenvalue weighted by molar-refractivity contribution is 5.82. The molecule has 4 nitrogen and oxygen atoms in total. The molecule has 0 bridgehead atoms. The van der Waals surface area contributed by atoms with Gasteiger partial charge < -0.3 is 15.4 Å². The molecular weight excluding hydrogens is 168 g/mol. The van der Waals surface area contributed by atoms with Crippen molar-refractivity contribution in [1.82, 2.24) is 4.90 Å². The van der Waals surface area contributed by atoms with Gasteiger partial charge in [0.25, 0.3) is 5.91 Å². The number of likely N-dealkylation sites (tertiary alicyclic amines) is 1. The second-order valence-electron chi connectivity index (χ2n) is 4.35. The highest BCUT2D eigenvalue weighted by Crippen LogP contribution is 2.22. The molecule has 0 aromatic carbocycles. The summed E-state index contributed by atoms with van der Waals surface area (Å²) in [6, 6.07) is 0. The standard InChI is InChI=1S/C9H16N2O2/c1-9(10)5-11(6-9)8(12)7-3-2-4-13-7/h7H,2-6,10H2,1H3. The molecule has 74 valence electrons. The first-order chi connectivity index (χ1) is 6.08. The van der Waals surface area contributed by atoms with Gasteiger partial charge in [-0.2, -0.15) is 0 Å². The predicted molar refractivity (Wildman–Crippen MR) is 48.1 cm³/mol. The third kappa shape index (κ3) is 1.69. The van der Waals surface area contributed by atoms with Crippen LogP contribution in [0.2, 0.25) is 0 Å². The number of nitrogens with two attached hydrogens (primary N) is 1. The molecule has 13 heavy (non-hydrogen) atoms. The molecule has 0 radical (unpaired) electrons. The molecule has 1 amide bonds. The Morgan fingerprint density at radius 1 is 1.62 bits per heavy atom. The van der Waals surface area contributed by atoms with Gasteiger partial charge in [-0.1, -0.05) is 0 Å². The average molecular weight is 184 g/mol. The number of hydrogen-bond donors (Lipinski definition) is 1. The van der Waals surface area contributed by atoms with Gasteiger partial charge in [-0.05, 0) is 19.8 Å². The zero-order chi connectivity index (χ0) is 9.47. The van der Waals surface area contributed by atoms with Crippen molar-refractivity contribution < 1.29 is 9.53 Å². The van der Waals surface area contributed by atoms with Gasteiger partial charge in [0.05, 0.1) is 0 Å². The van der Waals surface area contributed by atoms with E-state index in [-0.39, 0.29) is 17.6 Å². The van der Waals surface area contributed by atoms with Gasteiger partial charge >= 0.3 is 0 Å². The van der Waals surface area contributed by atoms with Crippen LogP contribution in [0.15, 0.2) is 0 Å². The molecule has 1 atom stereocenters. The Labute approximate surface area is 78.0 Å². The highest BCUT2D eigenvalue weighted by atomic mass is 16.5. The second-order valence-corrected chi connectivity index (χ2v) is 4.35. The minimum absolute atomic E-state index is 0.125. The molecule has 2 aliphatic heterocycles. The zero-order valence-electron chi connectivity index (χ0n) is 7.95. The summed E-state index contributed by atoms with van der Waals surface area (Å²) in [6.45, 7) is 4.04. The van der Waals surface area contributed by atoms with Crippen LogP contribution in [-0.2, 0) is 9.53 Å². The van der Waals surface area contributed by atoms with E-state index in [0.717, 1.165) is 19.4 Å². The van der Waals surface area contributed by atoms with Crippen molar-refractivity contribution in [2.24, 2.45) is 5.73 Å². The fraction of sp³-hybridized carbons (Fsp3) is 0.889. The third-order valence-corrected chi connectivity index (χ3v) is 2.62. The summed E-state index contributed by atoms with van der Waals surface area (Å²) < 4.78 is 5.31. The van der Waals surface area contributed by atoms with E-state index in [0.29, 0.717) is 13.1 Å². The van der Waals surface area contributed by atoms with Gasteiger partial charge in [0.1, 0.15) is 6.10 Å². The molecule has 2 N–H and O–H groups in total. The lowest BCUT2D eigenvalue weighted by molar-refractivity contribution is -0.148. The maximum atomic E-state index is 11.7. The number of amides is 1. The Hall–Kier alpha value is -0.610. The molecule has 0 saturated carbocycles. The van der Waals surface area contributed by atoms with Crippen LogP contribution in [0.25, 0.3) is 0 Å². The van der Waals surface area contributed by atoms with Gasteiger partial charge in [0, 0.05) is 25.2 Å². The second kappa shape index (κ2) is 2.96. The van der Waals surface area contributed by atoms with Gasteiger partial charge in [-0.15, -0.1) is 0 Å². The lowest BCUT2D eigenvalue weighted by Gasteiger charge is -2.46. The third-order valence-electron chi connectivity index (χ3n) is 2.62. The van der Waals surface area contributed by atoms with Gasteiger partial charge in [0.2, 0.25) is 0 Å². The van der Waals surface area contributed by atoms with Crippen molar-refractivity contribution in [3.8, 4) is 0 Å². The Morgan fingerprint density at radius 3 is 2.77 bits per heavy atom. The van der Waals surface area contributed by atoms with E-state index in [1.807, 2.05) is 6.92 Å². The van der Waals surface area contributed by atoms with Crippen LogP contribution in [-0.4, -0.2) is 42.1 Å². The molecule has 4 heteroatoms. The summed E-state index contributed by atoms with van der Waals surface area (Å²) in [7, 11) is 0. The maximum absolute atomic E-state index is 11.7. The molecule has 0 aromatic heterocycles. The summed E-state index contributed by atoms with van der Waals surface area (Å²) in [5.41, 5.74) is 5.64. The van der Waals surface area contributed by atoms with Crippen molar-refractivity contribution in [3.05, 3.63) is 0 Å². The van der Waals surface area contributed by atoms with E-state index in [9.17, 15) is 4.79 Å². The van der Waals surface area contributed by atoms with E-state index < -0.39 is 0 Å². The van der Waals surface area contributed by atoms with E-state index in [1.165, 1.54) is 0 Å². The summed E-state index contributed by atoms with van der Waals surface area (Å²) in [4.78, 5) is 13.4. The molecule has 2 rings (SSSR count). The SMILES string of the molecule is CC1(N)CN(C(=O)C2CCCO2)C1. The number of ether oxygens (including phenoxy) is 1. The van der Waals surface area contributed by atoms with E-state index in [4.69, 9.17) is 10.5 Å². The van der Waals surface area contributed by atoms with Crippen molar-refractivity contribution in [2.75, 3.05) is 19.7 Å². The van der Waals surface area contributed by atoms with Crippen LogP contribution in [0.4, 0.5) is 0 Å². The minimum atomic E-state index is -0.184. The molecule has 2 saturated heterocycles. The molecule has 2 fully saturated rings. The Morgan fingerprint density at radius 2 is 2.31 bits per heavy atom. The average Bonchev–Trinajstić information content (AvgIpc) is 2.50. The first kappa shape index (κ1) is 8.97. The molecule has 0 aliphatic carbocycles. The first-order valence-corrected chi connectivity index (χ1v) is 4.78. The molecule has 0 aromatic rings. The lowest BCUT2D eigenvalue weighted by atomic mass is 9.93. The summed E-state index contributed by atoms with van der Waals surface area (Å²) in [6.07, 6.45) is 1.69. The van der Waals surface area contributed by atoms with E-state index in [1.54, 1.807) is 4.90 Å². The summed E-state index contributed by atoms with van der Waals surface area (Å²) in [5, 5.41) is 0. The smallest absolute Gasteiger partial charge is 0.251 e. The quantitative estimate of drug-likeness (QED) is 0.610. The predicted octanol–water partition coefficient (Wildman–Crippen LogP) is -0.275. The highest BCUT2D eigenvalue weighted by Gasteiger charge is 2.41. The number of carbonyl (C=O) groups is 1. The number of hydrogen-bond acceptors (Lipinski definition) is 3. The topological polar surface area (TPSA) is 55.6 Å². The molecule has 1 unspecified atom stereocenters. The van der Waals surface area contributed by atoms with Gasteiger partial charge in [-0.25, -0.2) is 0 Å². The summed E-state index contributed by atoms with van der Waals surface area (Å²) >= 11 is 0. The molecule has 2 aliphatic rings. The fourth-order valence-electron chi connectivity index (χ4n) is 1.96. The number of nitrogens with zero attached hydrogens (tertiary/aromatic N) is 1. The van der Waals surface area contributed by atoms with Crippen molar-refractivity contribution in [1.29, 1.82) is 0 Å². The fourth-order valence-corrected chi connectivity index (χ4v) is 1.96. The van der Waals surface area contributed by atoms with E-state index >= 15 is 0 Å². The van der Waals surface area contributed by atoms with Crippen molar-refractivity contribution in [3.63, 3.8) is 0 Å². The van der Waals surface area contributed by atoms with Crippen LogP contribution in [0, 0.1) is 0 Å². The Bertz CT molecular complexity index is 214. The van der Waals surface area contributed by atoms with Crippen LogP contribution >= 0.6 is 0 Å². The van der Waals surface area contributed by atoms with Crippen molar-refractivity contribution in [2.45, 2.75) is 31.4 Å². The first-order valence-electron chi connectivity index (χ1n) is 4.78. The number of rotatable bonds is 1. The minimum Gasteiger partial charge on any atom is -0.368 e. The molecular formula is C9H16N2O2.